The number of carbonyl (C=O) groups is 2. The van der Waals surface area contributed by atoms with Crippen LogP contribution in [-0.4, -0.2) is 59.3 Å². The van der Waals surface area contributed by atoms with Gasteiger partial charge in [0.2, 0.25) is 0 Å². The third-order valence-electron chi connectivity index (χ3n) is 17.6. The van der Waals surface area contributed by atoms with Crippen LogP contribution >= 0.6 is 764 Å². The summed E-state index contributed by atoms with van der Waals surface area (Å²) in [5.74, 6) is 3.12. The van der Waals surface area contributed by atoms with Gasteiger partial charge in [0.15, 0.2) is 45.8 Å². The number of ether oxygens (including phenoxy) is 3. The number of nitrogens with zero attached hydrogens (tertiary/aromatic N) is 6. The molecule has 0 atom stereocenters. The molecule has 6 aromatic heterocycles. The molecule has 0 bridgehead atoms. The number of carbonyl (C=O) groups excluding carboxylic acids is 2. The number of nitrogens with one attached hydrogen (secondary N) is 4. The largest absolute Gasteiger partial charge is 1.00 e. The van der Waals surface area contributed by atoms with Crippen molar-refractivity contribution in [1.29, 1.82) is 0 Å². The van der Waals surface area contributed by atoms with E-state index in [0.29, 0.717) is 42.1 Å². The Morgan fingerprint density at radius 2 is 0.688 bits per heavy atom. The first-order chi connectivity index (χ1) is 63.4. The van der Waals surface area contributed by atoms with E-state index in [1.165, 1.54) is 17.2 Å². The summed E-state index contributed by atoms with van der Waals surface area (Å²) in [5, 5.41) is 22.2. The predicted octanol–water partition coefficient (Wildman–Crippen LogP) is 56.6. The molecule has 2 aromatic carbocycles. The van der Waals surface area contributed by atoms with E-state index in [1.54, 1.807) is 34.7 Å². The Morgan fingerprint density at radius 3 is 0.986 bits per heavy atom. The third kappa shape index (κ3) is 50.4. The van der Waals surface area contributed by atoms with E-state index < -0.39 is 209 Å². The third-order valence-corrected chi connectivity index (χ3v) is 4070. The van der Waals surface area contributed by atoms with E-state index in [2.05, 4.69) is 680 Å². The average Bonchev–Trinajstić information content (AvgIpc) is 0.969. The van der Waals surface area contributed by atoms with Crippen LogP contribution < -0.4 is 78.7 Å². The molecule has 0 radical (unpaired) electrons. The topological polar surface area (TPSA) is 218 Å². The second kappa shape index (κ2) is 81.7. The number of pyridine rings is 2. The first-order valence-corrected chi connectivity index (χ1v) is 381. The van der Waals surface area contributed by atoms with Crippen molar-refractivity contribution in [1.82, 2.24) is 40.4 Å². The van der Waals surface area contributed by atoms with E-state index in [-0.39, 0.29) is 88.3 Å². The summed E-state index contributed by atoms with van der Waals surface area (Å²) in [7, 11) is -6.32. The SMILES string of the molecule is CC[S-].COc1c(Oc2ccc(C(=O)NNc3cc(C)c4c(C)nn(C)c4n3)o2)c(C)cc2c1C(C)(C)CCC2(C)C.Cc1cc2c(c(O)c1Oc1ccc(C(=O)NNc3cc(C)c4c(C)nn(C)c4n3)o1)C(C)(C)CCC2(C)C.II(I)I(I)I(I)I(I)I(I)I(I)I(I)I(I)I(I)I(I)I(I)I(I)I(I)I.I[I-]I(I)I(I)I(I)I(I)I(I)I(I)I(I)I(I)I(I)I(I)I(I)I(I)I(I)I.[Na+]. The molecule has 0 unspecified atom stereocenters. The summed E-state index contributed by atoms with van der Waals surface area (Å²) in [6.45, 7) is 31.4. The minimum atomic E-state index is -0.491. The molecule has 2 amide bonds. The fourth-order valence-electron chi connectivity index (χ4n) is 11.9. The number of aromatic nitrogens is 6. The van der Waals surface area contributed by atoms with Gasteiger partial charge >= 0.3 is 818 Å². The van der Waals surface area contributed by atoms with Gasteiger partial charge in [0.1, 0.15) is 11.6 Å². The average molecular weight is 8370 g/mol. The summed E-state index contributed by atoms with van der Waals surface area (Å²) < 4.78 is 33.1. The van der Waals surface area contributed by atoms with Crippen molar-refractivity contribution in [3.8, 4) is 34.9 Å². The molecule has 2 aliphatic rings. The molecular formula is C61H77I57N10NaO8S-. The number of hydrazine groups is 2. The van der Waals surface area contributed by atoms with Gasteiger partial charge < -0.3 is 40.8 Å². The Bertz CT molecular complexity index is 5280. The first-order valence-electron chi connectivity index (χ1n) is 34.9. The summed E-state index contributed by atoms with van der Waals surface area (Å²) in [4.78, 5) is 34.7. The number of phenols is 1. The summed E-state index contributed by atoms with van der Waals surface area (Å²) in [6.07, 6.45) is 4.15. The number of fused-ring (bicyclic) bond motifs is 4. The Hall–Kier alpha value is 34.9. The Kier molecular flexibility index (Phi) is 96.7. The number of rotatable bonds is 36. The van der Waals surface area contributed by atoms with Crippen LogP contribution in [0.15, 0.2) is 57.4 Å². The molecule has 0 spiro atoms. The molecule has 8 aromatic rings. The van der Waals surface area contributed by atoms with Gasteiger partial charge in [-0.05, 0) is 147 Å². The number of methoxy groups -OCH3 is 1. The quantitative estimate of drug-likeness (QED) is 0.0107. The minimum absolute atomic E-state index is 0. The molecule has 6 heterocycles. The molecule has 0 saturated carbocycles. The van der Waals surface area contributed by atoms with Crippen molar-refractivity contribution in [3.05, 3.63) is 116 Å². The van der Waals surface area contributed by atoms with Crippen molar-refractivity contribution >= 4 is 822 Å². The number of aromatic hydroxyl groups is 1. The molecule has 0 aliphatic heterocycles. The molecule has 5 N–H and O–H groups in total. The van der Waals surface area contributed by atoms with Crippen molar-refractivity contribution in [3.63, 3.8) is 0 Å². The van der Waals surface area contributed by atoms with Gasteiger partial charge in [-0.25, -0.2) is 9.97 Å². The van der Waals surface area contributed by atoms with Gasteiger partial charge in [-0.1, -0.05) is 74.4 Å². The number of halogens is 57. The van der Waals surface area contributed by atoms with Crippen molar-refractivity contribution < 1.29 is 80.6 Å². The standard InChI is InChI=1S/C30H37N5O4.C29H35N5O4.C2H6S.I29.I28.Na/c1-16-15-21(31-27-23(16)18(3)34-35(27)8)32-33-28(36)20-10-11-22(38-20)39-25-17(2)14-19-24(26(25)37-9)30(6,7)13-12-29(19,4)5;1-15-14-20(30-26-22(15)17(3)33-34(26)8)31-32-27(36)19-9-10-21(37-19)38-25-16(2)13-18-23(24(25)35)29(6,7)12-11-28(18,4)5;1-2-3;1-16-18(4)20(6)22(8)24(10)26(12)28(14)29(15)27(13)25(11)23(9)21(7)19(5)17(2)3;1-16(2)18(5)20(7)22(9)24(11)26(13)28(15)27(14)25(12)23(10)21(8)19(6)17(3)4;/h10-11,14-15H,12-13H2,1-9H3,(H,31,32)(H,33,36);9-10,13-14,35H,11-12H2,1-8H3,(H,30,31)(H,32,36);3H,2H2,1H3;;;/q;;;-1;;+1/p-1. The van der Waals surface area contributed by atoms with Crippen molar-refractivity contribution in [2.75, 3.05) is 23.7 Å². The van der Waals surface area contributed by atoms with Gasteiger partial charge in [-0.3, -0.25) is 40.7 Å². The second-order valence-corrected chi connectivity index (χ2v) is 1310. The van der Waals surface area contributed by atoms with Crippen LogP contribution in [0.2, 0.25) is 0 Å². The Morgan fingerprint density at radius 1 is 0.420 bits per heavy atom. The van der Waals surface area contributed by atoms with Crippen LogP contribution in [0.25, 0.3) is 22.1 Å². The fourth-order valence-corrected chi connectivity index (χ4v) is 9440. The number of hydrogen-bond donors (Lipinski definition) is 5. The van der Waals surface area contributed by atoms with Crippen molar-refractivity contribution in [2.45, 2.75) is 151 Å². The summed E-state index contributed by atoms with van der Waals surface area (Å²) in [6, 6.07) is 14.3. The normalized spacial score (nSPS) is 16.4. The number of hydrogen-bond acceptors (Lipinski definition) is 15. The summed E-state index contributed by atoms with van der Waals surface area (Å²) in [5.41, 5.74) is 22.3. The van der Waals surface area contributed by atoms with Crippen LogP contribution in [0.4, 0.5) is 11.6 Å². The maximum absolute atomic E-state index is 12.8. The minimum Gasteiger partial charge on any atom is 1.00 e. The molecule has 2 aliphatic carbocycles. The fraction of sp³-hybridized carbons (Fsp3) is 0.443. The van der Waals surface area contributed by atoms with E-state index in [1.807, 2.05) is 74.7 Å². The molecule has 826 valence electrons. The molecule has 138 heavy (non-hydrogen) atoms. The maximum Gasteiger partial charge on any atom is 1.00 e. The van der Waals surface area contributed by atoms with Crippen LogP contribution in [0.3, 0.4) is 0 Å². The Labute approximate surface area is 1230 Å². The number of phenolic OH excluding ortho intramolecular Hbond substituents is 1. The number of aryl methyl sites for hydroxylation is 8. The zero-order valence-corrected chi connectivity index (χ0v) is 198. The van der Waals surface area contributed by atoms with E-state index in [0.717, 1.165) is 98.3 Å². The van der Waals surface area contributed by atoms with Crippen LogP contribution in [0, 0.1) is 41.5 Å². The smallest absolute Gasteiger partial charge is 1.00 e. The predicted molar refractivity (Wildman–Crippen MR) is 1100 cm³/mol. The monoisotopic (exact) mass is 8370 g/mol. The summed E-state index contributed by atoms with van der Waals surface area (Å²) >= 11 is 99.1. The Balaban J connectivity index is 0.000000325. The van der Waals surface area contributed by atoms with Gasteiger partial charge in [-0.2, -0.15) is 16.0 Å². The molecule has 0 saturated heterocycles. The van der Waals surface area contributed by atoms with E-state index in [4.69, 9.17) is 23.0 Å². The number of anilines is 2. The van der Waals surface area contributed by atoms with Gasteiger partial charge in [0, 0.05) is 48.1 Å². The van der Waals surface area contributed by atoms with Crippen LogP contribution in [0.5, 0.6) is 34.9 Å². The van der Waals surface area contributed by atoms with Crippen molar-refractivity contribution in [2.24, 2.45) is 14.1 Å². The zero-order chi connectivity index (χ0) is 104. The first kappa shape index (κ1) is 163. The zero-order valence-electron chi connectivity index (χ0n) is 72.1. The van der Waals surface area contributed by atoms with Crippen LogP contribution in [0.1, 0.15) is 165 Å². The number of benzene rings is 2. The van der Waals surface area contributed by atoms with Gasteiger partial charge in [-0.15, -0.1) is 0 Å². The maximum atomic E-state index is 12.8. The second-order valence-electron chi connectivity index (χ2n) is 27.9. The molecule has 77 heteroatoms. The number of furan rings is 2. The number of amides is 2. The van der Waals surface area contributed by atoms with E-state index >= 15 is 0 Å². The molecule has 0 fully saturated rings. The van der Waals surface area contributed by atoms with Gasteiger partial charge in [0.05, 0.1) is 18.5 Å². The molecule has 10 rings (SSSR count). The van der Waals surface area contributed by atoms with Gasteiger partial charge in [0.25, 0.3) is 11.9 Å². The molecular weight excluding hydrogens is 8290 g/mol. The van der Waals surface area contributed by atoms with Crippen LogP contribution in [-0.2, 0) is 48.4 Å². The molecule has 18 nitrogen and oxygen atoms in total. The van der Waals surface area contributed by atoms with E-state index in [9.17, 15) is 14.7 Å².